The van der Waals surface area contributed by atoms with Gasteiger partial charge < -0.3 is 5.32 Å². The number of pyridine rings is 1. The van der Waals surface area contributed by atoms with Gasteiger partial charge in [-0.2, -0.15) is 18.3 Å². The van der Waals surface area contributed by atoms with Crippen molar-refractivity contribution in [3.05, 3.63) is 72.3 Å². The van der Waals surface area contributed by atoms with Gasteiger partial charge in [-0.05, 0) is 24.3 Å². The van der Waals surface area contributed by atoms with Crippen molar-refractivity contribution in [2.24, 2.45) is 0 Å². The van der Waals surface area contributed by atoms with Crippen LogP contribution < -0.4 is 5.32 Å². The van der Waals surface area contributed by atoms with E-state index in [1.807, 2.05) is 0 Å². The first-order valence-corrected chi connectivity index (χ1v) is 6.89. The number of alkyl halides is 3. The lowest BCUT2D eigenvalue weighted by Gasteiger charge is -2.12. The number of anilines is 1. The molecule has 0 fully saturated rings. The normalized spacial score (nSPS) is 11.3. The number of hydrogen-bond acceptors (Lipinski definition) is 3. The molecule has 0 atom stereocenters. The Morgan fingerprint density at radius 3 is 2.33 bits per heavy atom. The first kappa shape index (κ1) is 15.7. The maximum absolute atomic E-state index is 13.5. The zero-order valence-electron chi connectivity index (χ0n) is 12.2. The molecule has 8 heteroatoms. The summed E-state index contributed by atoms with van der Waals surface area (Å²) in [7, 11) is 0. The molecule has 0 spiro atoms. The van der Waals surface area contributed by atoms with Gasteiger partial charge in [0.05, 0.1) is 17.4 Å². The third-order valence-electron chi connectivity index (χ3n) is 3.22. The Bertz CT molecular complexity index is 845. The van der Waals surface area contributed by atoms with E-state index in [-0.39, 0.29) is 5.69 Å². The van der Waals surface area contributed by atoms with Crippen LogP contribution in [0.1, 0.15) is 16.1 Å². The lowest BCUT2D eigenvalue weighted by atomic mass is 10.2. The number of halogens is 3. The van der Waals surface area contributed by atoms with Crippen LogP contribution >= 0.6 is 0 Å². The highest BCUT2D eigenvalue weighted by molar-refractivity contribution is 6.05. The number of carbonyl (C=O) groups excluding carboxylic acids is 1. The standard InChI is InChI=1S/C16H11F3N4O/c17-16(18,19)14-13(15(24)22-11-6-8-20-9-7-11)10-21-23(14)12-4-2-1-3-5-12/h1-10H,(H,20,22,24). The highest BCUT2D eigenvalue weighted by atomic mass is 19.4. The largest absolute Gasteiger partial charge is 0.434 e. The van der Waals surface area contributed by atoms with Gasteiger partial charge in [0.15, 0.2) is 5.69 Å². The second-order valence-electron chi connectivity index (χ2n) is 4.84. The molecule has 0 radical (unpaired) electrons. The van der Waals surface area contributed by atoms with E-state index in [1.165, 1.54) is 36.7 Å². The van der Waals surface area contributed by atoms with Crippen molar-refractivity contribution < 1.29 is 18.0 Å². The number of para-hydroxylation sites is 1. The van der Waals surface area contributed by atoms with Crippen LogP contribution in [0.15, 0.2) is 61.1 Å². The summed E-state index contributed by atoms with van der Waals surface area (Å²) < 4.78 is 41.1. The van der Waals surface area contributed by atoms with Crippen LogP contribution in [-0.2, 0) is 6.18 Å². The fourth-order valence-electron chi connectivity index (χ4n) is 2.19. The first-order chi connectivity index (χ1) is 11.5. The summed E-state index contributed by atoms with van der Waals surface area (Å²) in [6.45, 7) is 0. The van der Waals surface area contributed by atoms with Crippen LogP contribution in [0.2, 0.25) is 0 Å². The van der Waals surface area contributed by atoms with E-state index in [2.05, 4.69) is 15.4 Å². The van der Waals surface area contributed by atoms with Gasteiger partial charge in [0, 0.05) is 18.1 Å². The quantitative estimate of drug-likeness (QED) is 0.798. The Labute approximate surface area is 134 Å². The predicted octanol–water partition coefficient (Wildman–Crippen LogP) is 3.54. The molecule has 0 aliphatic heterocycles. The molecule has 0 saturated carbocycles. The van der Waals surface area contributed by atoms with Crippen molar-refractivity contribution in [1.82, 2.24) is 14.8 Å². The van der Waals surface area contributed by atoms with Gasteiger partial charge >= 0.3 is 6.18 Å². The van der Waals surface area contributed by atoms with Crippen LogP contribution in [0.5, 0.6) is 0 Å². The molecule has 0 unspecified atom stereocenters. The highest BCUT2D eigenvalue weighted by Gasteiger charge is 2.40. The first-order valence-electron chi connectivity index (χ1n) is 6.89. The van der Waals surface area contributed by atoms with Gasteiger partial charge in [0.25, 0.3) is 5.91 Å². The van der Waals surface area contributed by atoms with E-state index < -0.39 is 23.3 Å². The monoisotopic (exact) mass is 332 g/mol. The minimum absolute atomic E-state index is 0.216. The predicted molar refractivity (Wildman–Crippen MR) is 80.8 cm³/mol. The summed E-state index contributed by atoms with van der Waals surface area (Å²) in [5.74, 6) is -0.893. The Morgan fingerprint density at radius 2 is 1.71 bits per heavy atom. The fraction of sp³-hybridized carbons (Fsp3) is 0.0625. The van der Waals surface area contributed by atoms with Gasteiger partial charge in [0.2, 0.25) is 0 Å². The molecule has 2 aromatic heterocycles. The molecule has 122 valence electrons. The molecule has 3 aromatic rings. The van der Waals surface area contributed by atoms with Crippen molar-refractivity contribution in [2.75, 3.05) is 5.32 Å². The summed E-state index contributed by atoms with van der Waals surface area (Å²) in [4.78, 5) is 16.0. The maximum atomic E-state index is 13.5. The van der Waals surface area contributed by atoms with E-state index in [0.29, 0.717) is 10.4 Å². The zero-order valence-corrected chi connectivity index (χ0v) is 12.2. The number of carbonyl (C=O) groups is 1. The number of benzene rings is 1. The fourth-order valence-corrected chi connectivity index (χ4v) is 2.19. The van der Waals surface area contributed by atoms with Crippen LogP contribution in [-0.4, -0.2) is 20.7 Å². The van der Waals surface area contributed by atoms with Gasteiger partial charge in [0.1, 0.15) is 0 Å². The van der Waals surface area contributed by atoms with Gasteiger partial charge in [-0.1, -0.05) is 18.2 Å². The Hall–Kier alpha value is -3.16. The third kappa shape index (κ3) is 3.12. The van der Waals surface area contributed by atoms with Crippen LogP contribution in [0, 0.1) is 0 Å². The maximum Gasteiger partial charge on any atom is 0.434 e. The van der Waals surface area contributed by atoms with E-state index in [1.54, 1.807) is 18.2 Å². The molecule has 3 rings (SSSR count). The van der Waals surface area contributed by atoms with E-state index in [0.717, 1.165) is 6.20 Å². The Morgan fingerprint density at radius 1 is 1.04 bits per heavy atom. The molecule has 0 aliphatic rings. The minimum atomic E-state index is -4.74. The molecule has 1 amide bonds. The van der Waals surface area contributed by atoms with Crippen LogP contribution in [0.3, 0.4) is 0 Å². The van der Waals surface area contributed by atoms with Gasteiger partial charge in [-0.15, -0.1) is 0 Å². The number of aromatic nitrogens is 3. The summed E-state index contributed by atoms with van der Waals surface area (Å²) >= 11 is 0. The summed E-state index contributed by atoms with van der Waals surface area (Å²) in [6.07, 6.45) is -0.981. The lowest BCUT2D eigenvalue weighted by Crippen LogP contribution is -2.20. The molecule has 2 heterocycles. The topological polar surface area (TPSA) is 59.8 Å². The van der Waals surface area contributed by atoms with Crippen LogP contribution in [0.25, 0.3) is 5.69 Å². The number of amides is 1. The number of rotatable bonds is 3. The smallest absolute Gasteiger partial charge is 0.322 e. The van der Waals surface area contributed by atoms with Crippen molar-refractivity contribution in [3.8, 4) is 5.69 Å². The zero-order chi connectivity index (χ0) is 17.2. The molecule has 24 heavy (non-hydrogen) atoms. The molecule has 0 aliphatic carbocycles. The van der Waals surface area contributed by atoms with Crippen molar-refractivity contribution in [3.63, 3.8) is 0 Å². The Balaban J connectivity index is 2.03. The molecular formula is C16H11F3N4O. The number of nitrogens with one attached hydrogen (secondary N) is 1. The summed E-state index contributed by atoms with van der Waals surface area (Å²) in [5, 5.41) is 6.14. The van der Waals surface area contributed by atoms with Crippen molar-refractivity contribution in [1.29, 1.82) is 0 Å². The van der Waals surface area contributed by atoms with E-state index in [4.69, 9.17) is 0 Å². The average molecular weight is 332 g/mol. The Kier molecular flexibility index (Phi) is 4.03. The molecule has 1 aromatic carbocycles. The lowest BCUT2D eigenvalue weighted by molar-refractivity contribution is -0.143. The molecule has 5 nitrogen and oxygen atoms in total. The van der Waals surface area contributed by atoms with E-state index >= 15 is 0 Å². The molecule has 0 saturated heterocycles. The highest BCUT2D eigenvalue weighted by Crippen LogP contribution is 2.33. The molecule has 0 bridgehead atoms. The second-order valence-corrected chi connectivity index (χ2v) is 4.84. The molecular weight excluding hydrogens is 321 g/mol. The van der Waals surface area contributed by atoms with Crippen LogP contribution in [0.4, 0.5) is 18.9 Å². The van der Waals surface area contributed by atoms with Gasteiger partial charge in [-0.25, -0.2) is 4.68 Å². The SMILES string of the molecule is O=C(Nc1ccncc1)c1cnn(-c2ccccc2)c1C(F)(F)F. The van der Waals surface area contributed by atoms with Gasteiger partial charge in [-0.3, -0.25) is 9.78 Å². The summed E-state index contributed by atoms with van der Waals surface area (Å²) in [5.41, 5.74) is -1.12. The van der Waals surface area contributed by atoms with E-state index in [9.17, 15) is 18.0 Å². The van der Waals surface area contributed by atoms with Crippen molar-refractivity contribution >= 4 is 11.6 Å². The molecule has 1 N–H and O–H groups in total. The number of nitrogens with zero attached hydrogens (tertiary/aromatic N) is 3. The number of hydrogen-bond donors (Lipinski definition) is 1. The second kappa shape index (κ2) is 6.15. The average Bonchev–Trinajstić information content (AvgIpc) is 3.02. The summed E-state index contributed by atoms with van der Waals surface area (Å²) in [6, 6.07) is 10.8. The minimum Gasteiger partial charge on any atom is -0.322 e. The van der Waals surface area contributed by atoms with Crippen molar-refractivity contribution in [2.45, 2.75) is 6.18 Å². The third-order valence-corrected chi connectivity index (χ3v) is 3.22.